The number of hydrogen-bond acceptors (Lipinski definition) is 3. The molecule has 0 saturated heterocycles. The molecule has 0 spiro atoms. The minimum Gasteiger partial charge on any atom is -0.463 e. The number of allylic oxidation sites excluding steroid dienone is 3. The highest BCUT2D eigenvalue weighted by atomic mass is 16.5. The first kappa shape index (κ1) is 20.9. The first-order valence-electron chi connectivity index (χ1n) is 8.27. The van der Waals surface area contributed by atoms with E-state index in [0.29, 0.717) is 12.5 Å². The van der Waals surface area contributed by atoms with E-state index < -0.39 is 0 Å². The Morgan fingerprint density at radius 3 is 2.41 bits per heavy atom. The van der Waals surface area contributed by atoms with Crippen LogP contribution in [0, 0.1) is 5.92 Å². The van der Waals surface area contributed by atoms with Crippen LogP contribution < -0.4 is 0 Å². The van der Waals surface area contributed by atoms with E-state index in [1.54, 1.807) is 13.2 Å². The quantitative estimate of drug-likeness (QED) is 0.321. The second-order valence-electron chi connectivity index (χ2n) is 6.80. The minimum atomic E-state index is -0.265. The van der Waals surface area contributed by atoms with Crippen molar-refractivity contribution < 1.29 is 14.3 Å². The highest BCUT2D eigenvalue weighted by molar-refractivity contribution is 5.83. The van der Waals surface area contributed by atoms with E-state index in [4.69, 9.17) is 9.47 Å². The summed E-state index contributed by atoms with van der Waals surface area (Å²) >= 11 is 0. The Morgan fingerprint density at radius 1 is 1.23 bits per heavy atom. The average molecular weight is 310 g/mol. The maximum absolute atomic E-state index is 11.4. The minimum absolute atomic E-state index is 0.0242. The second kappa shape index (κ2) is 10.6. The summed E-state index contributed by atoms with van der Waals surface area (Å²) in [7, 11) is 1.77. The number of methoxy groups -OCH3 is 1. The van der Waals surface area contributed by atoms with E-state index in [9.17, 15) is 4.79 Å². The van der Waals surface area contributed by atoms with E-state index in [2.05, 4.69) is 33.8 Å². The van der Waals surface area contributed by atoms with E-state index in [0.717, 1.165) is 18.4 Å². The van der Waals surface area contributed by atoms with E-state index in [1.807, 2.05) is 13.8 Å². The highest BCUT2D eigenvalue weighted by Crippen LogP contribution is 2.22. The van der Waals surface area contributed by atoms with Gasteiger partial charge in [0.25, 0.3) is 0 Å². The number of rotatable bonds is 10. The molecule has 22 heavy (non-hydrogen) atoms. The van der Waals surface area contributed by atoms with Crippen molar-refractivity contribution >= 4 is 5.97 Å². The molecule has 0 aliphatic heterocycles. The molecule has 3 nitrogen and oxygen atoms in total. The molecule has 0 heterocycles. The normalized spacial score (nSPS) is 14.9. The van der Waals surface area contributed by atoms with Crippen molar-refractivity contribution in [1.29, 1.82) is 0 Å². The Labute approximate surface area is 136 Å². The molecule has 0 amide bonds. The molecule has 0 aromatic carbocycles. The van der Waals surface area contributed by atoms with Crippen LogP contribution in [0.15, 0.2) is 23.3 Å². The summed E-state index contributed by atoms with van der Waals surface area (Å²) in [4.78, 5) is 11.4. The Kier molecular flexibility index (Phi) is 10.1. The molecule has 0 aliphatic carbocycles. The maximum Gasteiger partial charge on any atom is 0.330 e. The van der Waals surface area contributed by atoms with Crippen LogP contribution in [0.3, 0.4) is 0 Å². The molecule has 0 fully saturated rings. The monoisotopic (exact) mass is 310 g/mol. The molecule has 0 bridgehead atoms. The smallest absolute Gasteiger partial charge is 0.330 e. The van der Waals surface area contributed by atoms with Crippen molar-refractivity contribution in [3.63, 3.8) is 0 Å². The number of esters is 1. The van der Waals surface area contributed by atoms with Crippen LogP contribution in [-0.4, -0.2) is 25.3 Å². The summed E-state index contributed by atoms with van der Waals surface area (Å²) < 4.78 is 10.4. The summed E-state index contributed by atoms with van der Waals surface area (Å²) in [5, 5.41) is 0. The molecule has 0 rings (SSSR count). The van der Waals surface area contributed by atoms with Gasteiger partial charge in [-0.25, -0.2) is 4.79 Å². The number of carbonyl (C=O) groups excluding carboxylic acids is 1. The van der Waals surface area contributed by atoms with Crippen molar-refractivity contribution in [2.24, 2.45) is 5.92 Å². The van der Waals surface area contributed by atoms with Crippen molar-refractivity contribution in [1.82, 2.24) is 0 Å². The van der Waals surface area contributed by atoms with Crippen LogP contribution in [-0.2, 0) is 14.3 Å². The van der Waals surface area contributed by atoms with Crippen LogP contribution in [0.5, 0.6) is 0 Å². The summed E-state index contributed by atoms with van der Waals surface area (Å²) in [5.74, 6) is 0.373. The lowest BCUT2D eigenvalue weighted by Gasteiger charge is -2.23. The van der Waals surface area contributed by atoms with Gasteiger partial charge >= 0.3 is 5.97 Å². The van der Waals surface area contributed by atoms with Gasteiger partial charge in [-0.15, -0.1) is 0 Å². The molecule has 0 radical (unpaired) electrons. The molecule has 128 valence electrons. The largest absolute Gasteiger partial charge is 0.463 e. The van der Waals surface area contributed by atoms with Crippen LogP contribution in [0.1, 0.15) is 67.2 Å². The maximum atomic E-state index is 11.4. The first-order valence-corrected chi connectivity index (χ1v) is 8.27. The lowest BCUT2D eigenvalue weighted by molar-refractivity contribution is -0.137. The zero-order valence-electron chi connectivity index (χ0n) is 15.5. The van der Waals surface area contributed by atoms with Gasteiger partial charge in [0.15, 0.2) is 0 Å². The van der Waals surface area contributed by atoms with Gasteiger partial charge in [0.1, 0.15) is 0 Å². The SMILES string of the molecule is CCOC(=O)/C=C(C)/C=C(\C)CC(C)CCCC(C)(C)OC. The third kappa shape index (κ3) is 10.6. The van der Waals surface area contributed by atoms with Gasteiger partial charge in [0.05, 0.1) is 12.2 Å². The van der Waals surface area contributed by atoms with Gasteiger partial charge in [0, 0.05) is 13.2 Å². The van der Waals surface area contributed by atoms with Crippen LogP contribution in [0.25, 0.3) is 0 Å². The zero-order valence-corrected chi connectivity index (χ0v) is 15.5. The molecule has 0 aromatic heterocycles. The molecule has 0 aromatic rings. The zero-order chi connectivity index (χ0) is 17.2. The van der Waals surface area contributed by atoms with Crippen molar-refractivity contribution in [3.8, 4) is 0 Å². The second-order valence-corrected chi connectivity index (χ2v) is 6.80. The van der Waals surface area contributed by atoms with Gasteiger partial charge in [-0.1, -0.05) is 31.4 Å². The van der Waals surface area contributed by atoms with Gasteiger partial charge in [-0.3, -0.25) is 0 Å². The molecule has 1 unspecified atom stereocenters. The van der Waals surface area contributed by atoms with Gasteiger partial charge < -0.3 is 9.47 Å². The van der Waals surface area contributed by atoms with E-state index in [-0.39, 0.29) is 11.6 Å². The predicted molar refractivity (Wildman–Crippen MR) is 92.9 cm³/mol. The van der Waals surface area contributed by atoms with Crippen LogP contribution in [0.4, 0.5) is 0 Å². The molecular formula is C19H34O3. The van der Waals surface area contributed by atoms with Crippen LogP contribution in [0.2, 0.25) is 0 Å². The molecule has 3 heteroatoms. The highest BCUT2D eigenvalue weighted by Gasteiger charge is 2.16. The Bertz CT molecular complexity index is 391. The van der Waals surface area contributed by atoms with Gasteiger partial charge in [-0.05, 0) is 59.0 Å². The number of carbonyl (C=O) groups is 1. The standard InChI is InChI=1S/C19H34O3/c1-8-22-18(20)14-17(4)13-16(3)12-15(2)10-9-11-19(5,6)21-7/h13-15H,8-12H2,1-7H3/b16-13+,17-14+. The Morgan fingerprint density at radius 2 is 1.86 bits per heavy atom. The molecular weight excluding hydrogens is 276 g/mol. The molecule has 0 N–H and O–H groups in total. The van der Waals surface area contributed by atoms with Crippen molar-refractivity contribution in [2.75, 3.05) is 13.7 Å². The topological polar surface area (TPSA) is 35.5 Å². The first-order chi connectivity index (χ1) is 10.2. The molecule has 1 atom stereocenters. The summed E-state index contributed by atoms with van der Waals surface area (Å²) in [6.07, 6.45) is 8.14. The van der Waals surface area contributed by atoms with E-state index in [1.165, 1.54) is 18.4 Å². The fourth-order valence-corrected chi connectivity index (χ4v) is 2.49. The third-order valence-electron chi connectivity index (χ3n) is 3.80. The van der Waals surface area contributed by atoms with E-state index >= 15 is 0 Å². The number of hydrogen-bond donors (Lipinski definition) is 0. The van der Waals surface area contributed by atoms with Crippen molar-refractivity contribution in [2.45, 2.75) is 72.8 Å². The fraction of sp³-hybridized carbons (Fsp3) is 0.737. The van der Waals surface area contributed by atoms with Crippen LogP contribution >= 0.6 is 0 Å². The van der Waals surface area contributed by atoms with Gasteiger partial charge in [0.2, 0.25) is 0 Å². The molecule has 0 saturated carbocycles. The molecule has 0 aliphatic rings. The summed E-state index contributed by atoms with van der Waals surface area (Å²) in [6.45, 7) is 12.8. The Hall–Kier alpha value is -1.09. The predicted octanol–water partition coefficient (Wildman–Crippen LogP) is 5.06. The van der Waals surface area contributed by atoms with Crippen molar-refractivity contribution in [3.05, 3.63) is 23.3 Å². The summed E-state index contributed by atoms with van der Waals surface area (Å²) in [6, 6.07) is 0. The van der Waals surface area contributed by atoms with Gasteiger partial charge in [-0.2, -0.15) is 0 Å². The fourth-order valence-electron chi connectivity index (χ4n) is 2.49. The third-order valence-corrected chi connectivity index (χ3v) is 3.80. The average Bonchev–Trinajstić information content (AvgIpc) is 2.37. The lowest BCUT2D eigenvalue weighted by atomic mass is 9.92. The summed E-state index contributed by atoms with van der Waals surface area (Å²) in [5.41, 5.74) is 2.23. The lowest BCUT2D eigenvalue weighted by Crippen LogP contribution is -2.22. The number of ether oxygens (including phenoxy) is 2. The Balaban J connectivity index is 4.26.